The van der Waals surface area contributed by atoms with Crippen molar-refractivity contribution in [2.45, 2.75) is 6.61 Å². The second-order valence-electron chi connectivity index (χ2n) is 4.63. The molecule has 0 amide bonds. The van der Waals surface area contributed by atoms with Gasteiger partial charge in [-0.3, -0.25) is 5.41 Å². The number of ether oxygens (including phenoxy) is 2. The van der Waals surface area contributed by atoms with Gasteiger partial charge in [-0.15, -0.1) is 0 Å². The minimum atomic E-state index is 0.117. The van der Waals surface area contributed by atoms with Gasteiger partial charge in [-0.25, -0.2) is 0 Å². The molecule has 0 spiro atoms. The Kier molecular flexibility index (Phi) is 6.20. The quantitative estimate of drug-likeness (QED) is 0.256. The fourth-order valence-electron chi connectivity index (χ4n) is 1.93. The first kappa shape index (κ1) is 15.8. The molecule has 2 aromatic rings. The Balaban J connectivity index is 1.87. The number of rotatable bonds is 8. The van der Waals surface area contributed by atoms with Crippen LogP contribution in [0.5, 0.6) is 0 Å². The first-order valence-corrected chi connectivity index (χ1v) is 7.08. The van der Waals surface area contributed by atoms with E-state index in [4.69, 9.17) is 14.9 Å². The van der Waals surface area contributed by atoms with Crippen LogP contribution in [-0.2, 0) is 16.1 Å². The number of hydrogen-bond donors (Lipinski definition) is 2. The molecule has 22 heavy (non-hydrogen) atoms. The topological polar surface area (TPSA) is 54.3 Å². The average Bonchev–Trinajstić information content (AvgIpc) is 2.58. The zero-order chi connectivity index (χ0) is 15.6. The highest BCUT2D eigenvalue weighted by molar-refractivity contribution is 5.97. The fourth-order valence-corrected chi connectivity index (χ4v) is 1.93. The first-order valence-electron chi connectivity index (χ1n) is 7.08. The largest absolute Gasteiger partial charge is 0.473 e. The molecule has 114 valence electrons. The normalized spacial score (nSPS) is 10.0. The molecule has 0 saturated carbocycles. The Morgan fingerprint density at radius 3 is 2.59 bits per heavy atom. The summed E-state index contributed by atoms with van der Waals surface area (Å²) in [5.74, 6) is 0.117. The van der Waals surface area contributed by atoms with Gasteiger partial charge in [0.25, 0.3) is 0 Å². The van der Waals surface area contributed by atoms with Crippen molar-refractivity contribution in [3.8, 4) is 0 Å². The van der Waals surface area contributed by atoms with Crippen LogP contribution in [0.1, 0.15) is 11.1 Å². The molecule has 0 fully saturated rings. The molecule has 0 radical (unpaired) electrons. The SMILES string of the molecule is C=CCOC(=N)c1ccccc1NCOCc1ccccc1. The Morgan fingerprint density at radius 2 is 1.82 bits per heavy atom. The number of benzene rings is 2. The van der Waals surface area contributed by atoms with Crippen molar-refractivity contribution in [1.29, 1.82) is 5.41 Å². The van der Waals surface area contributed by atoms with Gasteiger partial charge in [0.05, 0.1) is 12.2 Å². The maximum Gasteiger partial charge on any atom is 0.215 e. The van der Waals surface area contributed by atoms with Gasteiger partial charge in [-0.05, 0) is 17.7 Å². The molecule has 4 heteroatoms. The number of para-hydroxylation sites is 1. The van der Waals surface area contributed by atoms with Gasteiger partial charge in [0.15, 0.2) is 0 Å². The van der Waals surface area contributed by atoms with E-state index in [1.807, 2.05) is 54.6 Å². The van der Waals surface area contributed by atoms with Crippen molar-refractivity contribution in [2.24, 2.45) is 0 Å². The van der Waals surface area contributed by atoms with Crippen molar-refractivity contribution in [3.63, 3.8) is 0 Å². The Morgan fingerprint density at radius 1 is 1.09 bits per heavy atom. The standard InChI is InChI=1S/C18H20N2O2/c1-2-12-22-18(19)16-10-6-7-11-17(16)20-14-21-13-15-8-4-3-5-9-15/h2-11,19-20H,1,12-14H2. The predicted molar refractivity (Wildman–Crippen MR) is 89.1 cm³/mol. The molecular weight excluding hydrogens is 276 g/mol. The van der Waals surface area contributed by atoms with Gasteiger partial charge in [0.2, 0.25) is 5.90 Å². The van der Waals surface area contributed by atoms with E-state index >= 15 is 0 Å². The molecule has 0 aromatic heterocycles. The highest BCUT2D eigenvalue weighted by atomic mass is 16.5. The number of anilines is 1. The highest BCUT2D eigenvalue weighted by Crippen LogP contribution is 2.16. The molecule has 0 saturated heterocycles. The molecule has 0 aliphatic rings. The van der Waals surface area contributed by atoms with Crippen LogP contribution in [0.4, 0.5) is 5.69 Å². The van der Waals surface area contributed by atoms with Crippen molar-refractivity contribution in [2.75, 3.05) is 18.7 Å². The lowest BCUT2D eigenvalue weighted by atomic mass is 10.2. The molecule has 2 aromatic carbocycles. The van der Waals surface area contributed by atoms with Gasteiger partial charge in [0.1, 0.15) is 13.3 Å². The lowest BCUT2D eigenvalue weighted by Gasteiger charge is -2.13. The molecule has 0 unspecified atom stereocenters. The zero-order valence-corrected chi connectivity index (χ0v) is 12.4. The van der Waals surface area contributed by atoms with E-state index in [-0.39, 0.29) is 5.90 Å². The molecular formula is C18H20N2O2. The molecule has 0 atom stereocenters. The molecule has 0 aliphatic carbocycles. The average molecular weight is 296 g/mol. The van der Waals surface area contributed by atoms with E-state index in [2.05, 4.69) is 11.9 Å². The van der Waals surface area contributed by atoms with E-state index in [1.165, 1.54) is 0 Å². The first-order chi connectivity index (χ1) is 10.8. The number of nitrogens with one attached hydrogen (secondary N) is 2. The Bertz CT molecular complexity index is 611. The van der Waals surface area contributed by atoms with E-state index in [0.29, 0.717) is 25.5 Å². The van der Waals surface area contributed by atoms with Crippen molar-refractivity contribution >= 4 is 11.6 Å². The van der Waals surface area contributed by atoms with Crippen molar-refractivity contribution in [1.82, 2.24) is 0 Å². The minimum Gasteiger partial charge on any atom is -0.473 e. The second kappa shape index (κ2) is 8.64. The van der Waals surface area contributed by atoms with Gasteiger partial charge < -0.3 is 14.8 Å². The third kappa shape index (κ3) is 4.75. The summed E-state index contributed by atoms with van der Waals surface area (Å²) in [6.45, 7) is 4.80. The zero-order valence-electron chi connectivity index (χ0n) is 12.4. The van der Waals surface area contributed by atoms with Crippen LogP contribution >= 0.6 is 0 Å². The molecule has 0 aliphatic heterocycles. The van der Waals surface area contributed by atoms with Crippen LogP contribution in [0.25, 0.3) is 0 Å². The fraction of sp³-hybridized carbons (Fsp3) is 0.167. The van der Waals surface area contributed by atoms with E-state index < -0.39 is 0 Å². The predicted octanol–water partition coefficient (Wildman–Crippen LogP) is 3.80. The van der Waals surface area contributed by atoms with E-state index in [0.717, 1.165) is 11.3 Å². The summed E-state index contributed by atoms with van der Waals surface area (Å²) in [7, 11) is 0. The van der Waals surface area contributed by atoms with Crippen molar-refractivity contribution in [3.05, 3.63) is 78.4 Å². The summed E-state index contributed by atoms with van der Waals surface area (Å²) in [4.78, 5) is 0. The van der Waals surface area contributed by atoms with E-state index in [9.17, 15) is 0 Å². The van der Waals surface area contributed by atoms with Gasteiger partial charge in [-0.1, -0.05) is 55.1 Å². The summed E-state index contributed by atoms with van der Waals surface area (Å²) in [5, 5.41) is 11.1. The molecule has 0 heterocycles. The van der Waals surface area contributed by atoms with Gasteiger partial charge in [-0.2, -0.15) is 0 Å². The number of hydrogen-bond acceptors (Lipinski definition) is 4. The second-order valence-corrected chi connectivity index (χ2v) is 4.63. The van der Waals surface area contributed by atoms with Crippen LogP contribution in [0.3, 0.4) is 0 Å². The van der Waals surface area contributed by atoms with Crippen molar-refractivity contribution < 1.29 is 9.47 Å². The maximum absolute atomic E-state index is 7.94. The van der Waals surface area contributed by atoms with Crippen LogP contribution in [-0.4, -0.2) is 19.2 Å². The Labute approximate surface area is 130 Å². The third-order valence-electron chi connectivity index (χ3n) is 2.99. The summed E-state index contributed by atoms with van der Waals surface area (Å²) in [6, 6.07) is 17.5. The summed E-state index contributed by atoms with van der Waals surface area (Å²) >= 11 is 0. The van der Waals surface area contributed by atoms with Crippen LogP contribution in [0.2, 0.25) is 0 Å². The van der Waals surface area contributed by atoms with Crippen LogP contribution in [0, 0.1) is 5.41 Å². The highest BCUT2D eigenvalue weighted by Gasteiger charge is 2.07. The molecule has 2 N–H and O–H groups in total. The van der Waals surface area contributed by atoms with Crippen LogP contribution in [0.15, 0.2) is 67.3 Å². The lowest BCUT2D eigenvalue weighted by molar-refractivity contribution is 0.138. The van der Waals surface area contributed by atoms with Gasteiger partial charge in [0, 0.05) is 5.69 Å². The molecule has 4 nitrogen and oxygen atoms in total. The smallest absolute Gasteiger partial charge is 0.215 e. The molecule has 0 bridgehead atoms. The summed E-state index contributed by atoms with van der Waals surface area (Å²) in [5.41, 5.74) is 2.64. The lowest BCUT2D eigenvalue weighted by Crippen LogP contribution is -2.12. The minimum absolute atomic E-state index is 0.117. The van der Waals surface area contributed by atoms with Crippen LogP contribution < -0.4 is 5.32 Å². The monoisotopic (exact) mass is 296 g/mol. The summed E-state index contributed by atoms with van der Waals surface area (Å²) < 4.78 is 10.9. The Hall–Kier alpha value is -2.59. The third-order valence-corrected chi connectivity index (χ3v) is 2.99. The molecule has 2 rings (SSSR count). The van der Waals surface area contributed by atoms with Gasteiger partial charge >= 0.3 is 0 Å². The summed E-state index contributed by atoms with van der Waals surface area (Å²) in [6.07, 6.45) is 1.62. The maximum atomic E-state index is 7.94. The van der Waals surface area contributed by atoms with E-state index in [1.54, 1.807) is 6.08 Å².